The fraction of sp³-hybridized carbons (Fsp3) is 0.500. The smallest absolute Gasteiger partial charge is 0.161 e. The highest BCUT2D eigenvalue weighted by molar-refractivity contribution is 5.39. The van der Waals surface area contributed by atoms with Crippen LogP contribution in [0.1, 0.15) is 6.92 Å². The highest BCUT2D eigenvalue weighted by Gasteiger charge is 2.02. The van der Waals surface area contributed by atoms with Crippen LogP contribution in [0.25, 0.3) is 0 Å². The van der Waals surface area contributed by atoms with E-state index in [2.05, 4.69) is 5.43 Å². The molecule has 1 aromatic carbocycles. The average Bonchev–Trinajstić information content (AvgIpc) is 2.26. The Morgan fingerprint density at radius 1 is 1.12 bits per heavy atom. The van der Waals surface area contributed by atoms with Gasteiger partial charge in [0.1, 0.15) is 6.61 Å². The van der Waals surface area contributed by atoms with Crippen molar-refractivity contribution in [3.63, 3.8) is 0 Å². The molecule has 0 fully saturated rings. The molecule has 0 aliphatic heterocycles. The molecular formula is C12H20N2O2. The van der Waals surface area contributed by atoms with Gasteiger partial charge < -0.3 is 9.47 Å². The average molecular weight is 224 g/mol. The zero-order valence-electron chi connectivity index (χ0n) is 10.2. The molecule has 0 radical (unpaired) electrons. The van der Waals surface area contributed by atoms with E-state index in [0.29, 0.717) is 13.2 Å². The van der Waals surface area contributed by atoms with Crippen molar-refractivity contribution in [3.8, 4) is 11.5 Å². The monoisotopic (exact) mass is 224 g/mol. The van der Waals surface area contributed by atoms with Gasteiger partial charge in [-0.05, 0) is 19.1 Å². The highest BCUT2D eigenvalue weighted by atomic mass is 16.5. The van der Waals surface area contributed by atoms with Crippen LogP contribution in [0, 0.1) is 0 Å². The number of ether oxygens (including phenoxy) is 2. The molecule has 0 aliphatic carbocycles. The second-order valence-corrected chi connectivity index (χ2v) is 3.53. The van der Waals surface area contributed by atoms with E-state index in [1.165, 1.54) is 0 Å². The number of para-hydroxylation sites is 2. The van der Waals surface area contributed by atoms with Gasteiger partial charge in [-0.25, -0.2) is 0 Å². The molecule has 1 rings (SSSR count). The van der Waals surface area contributed by atoms with Crippen LogP contribution in [0.5, 0.6) is 11.5 Å². The van der Waals surface area contributed by atoms with Crippen molar-refractivity contribution in [1.82, 2.24) is 10.4 Å². The van der Waals surface area contributed by atoms with E-state index in [4.69, 9.17) is 9.47 Å². The van der Waals surface area contributed by atoms with E-state index < -0.39 is 0 Å². The Morgan fingerprint density at radius 3 is 2.31 bits per heavy atom. The van der Waals surface area contributed by atoms with Crippen molar-refractivity contribution in [1.29, 1.82) is 0 Å². The molecule has 0 aromatic heterocycles. The lowest BCUT2D eigenvalue weighted by Gasteiger charge is -2.14. The van der Waals surface area contributed by atoms with Crippen LogP contribution in [0.2, 0.25) is 0 Å². The second kappa shape index (κ2) is 7.09. The topological polar surface area (TPSA) is 33.7 Å². The zero-order chi connectivity index (χ0) is 11.8. The molecular weight excluding hydrogens is 204 g/mol. The molecule has 0 saturated heterocycles. The number of hydrazine groups is 1. The van der Waals surface area contributed by atoms with Gasteiger partial charge in [-0.15, -0.1) is 0 Å². The van der Waals surface area contributed by atoms with Gasteiger partial charge in [-0.2, -0.15) is 0 Å². The summed E-state index contributed by atoms with van der Waals surface area (Å²) in [5, 5.41) is 1.90. The summed E-state index contributed by atoms with van der Waals surface area (Å²) in [6, 6.07) is 7.71. The van der Waals surface area contributed by atoms with E-state index in [-0.39, 0.29) is 0 Å². The minimum absolute atomic E-state index is 0.613. The second-order valence-electron chi connectivity index (χ2n) is 3.53. The molecule has 1 aromatic rings. The summed E-state index contributed by atoms with van der Waals surface area (Å²) in [4.78, 5) is 0. The van der Waals surface area contributed by atoms with Gasteiger partial charge in [0.25, 0.3) is 0 Å². The van der Waals surface area contributed by atoms with E-state index >= 15 is 0 Å². The summed E-state index contributed by atoms with van der Waals surface area (Å²) in [7, 11) is 3.91. The number of rotatable bonds is 7. The molecule has 0 heterocycles. The van der Waals surface area contributed by atoms with Crippen molar-refractivity contribution < 1.29 is 9.47 Å². The van der Waals surface area contributed by atoms with Gasteiger partial charge in [0.15, 0.2) is 11.5 Å². The fourth-order valence-electron chi connectivity index (χ4n) is 1.27. The highest BCUT2D eigenvalue weighted by Crippen LogP contribution is 2.25. The summed E-state index contributed by atoms with van der Waals surface area (Å²) in [6.45, 7) is 4.00. The number of benzene rings is 1. The molecule has 0 aliphatic rings. The van der Waals surface area contributed by atoms with Crippen molar-refractivity contribution in [3.05, 3.63) is 24.3 Å². The molecule has 0 bridgehead atoms. The van der Waals surface area contributed by atoms with Crippen molar-refractivity contribution >= 4 is 0 Å². The van der Waals surface area contributed by atoms with Gasteiger partial charge in [0, 0.05) is 20.6 Å². The van der Waals surface area contributed by atoms with Gasteiger partial charge in [0.2, 0.25) is 0 Å². The zero-order valence-corrected chi connectivity index (χ0v) is 10.2. The largest absolute Gasteiger partial charge is 0.490 e. The molecule has 0 amide bonds. The molecule has 4 nitrogen and oxygen atoms in total. The Morgan fingerprint density at radius 2 is 1.75 bits per heavy atom. The third kappa shape index (κ3) is 4.51. The van der Waals surface area contributed by atoms with E-state index in [9.17, 15) is 0 Å². The van der Waals surface area contributed by atoms with Crippen LogP contribution in [0.15, 0.2) is 24.3 Å². The normalized spacial score (nSPS) is 10.5. The molecule has 0 spiro atoms. The van der Waals surface area contributed by atoms with Crippen molar-refractivity contribution in [2.24, 2.45) is 0 Å². The summed E-state index contributed by atoms with van der Waals surface area (Å²) in [5.74, 6) is 1.60. The minimum Gasteiger partial charge on any atom is -0.490 e. The summed E-state index contributed by atoms with van der Waals surface area (Å²) in [5.41, 5.74) is 3.13. The molecule has 90 valence electrons. The van der Waals surface area contributed by atoms with Gasteiger partial charge >= 0.3 is 0 Å². The molecule has 4 heteroatoms. The SMILES string of the molecule is CCOc1ccccc1OCCNN(C)C. The maximum Gasteiger partial charge on any atom is 0.161 e. The van der Waals surface area contributed by atoms with Crippen molar-refractivity contribution in [2.45, 2.75) is 6.92 Å². The van der Waals surface area contributed by atoms with Crippen LogP contribution in [-0.2, 0) is 0 Å². The van der Waals surface area contributed by atoms with Crippen LogP contribution >= 0.6 is 0 Å². The van der Waals surface area contributed by atoms with Crippen LogP contribution in [0.3, 0.4) is 0 Å². The molecule has 0 saturated carbocycles. The third-order valence-corrected chi connectivity index (χ3v) is 1.94. The number of nitrogens with zero attached hydrogens (tertiary/aromatic N) is 1. The standard InChI is InChI=1S/C12H20N2O2/c1-4-15-11-7-5-6-8-12(11)16-10-9-13-14(2)3/h5-8,13H,4,9-10H2,1-3H3. The van der Waals surface area contributed by atoms with Crippen LogP contribution < -0.4 is 14.9 Å². The minimum atomic E-state index is 0.613. The Labute approximate surface area is 97.1 Å². The first-order valence-electron chi connectivity index (χ1n) is 5.49. The molecule has 1 N–H and O–H groups in total. The maximum absolute atomic E-state index is 5.63. The molecule has 16 heavy (non-hydrogen) atoms. The first-order valence-corrected chi connectivity index (χ1v) is 5.49. The van der Waals surface area contributed by atoms with Gasteiger partial charge in [-0.3, -0.25) is 10.4 Å². The molecule has 0 atom stereocenters. The molecule has 0 unspecified atom stereocenters. The third-order valence-electron chi connectivity index (χ3n) is 1.94. The predicted octanol–water partition coefficient (Wildman–Crippen LogP) is 1.53. The number of nitrogens with one attached hydrogen (secondary N) is 1. The quantitative estimate of drug-likeness (QED) is 0.562. The Kier molecular flexibility index (Phi) is 5.67. The lowest BCUT2D eigenvalue weighted by atomic mass is 10.3. The first-order chi connectivity index (χ1) is 7.74. The Balaban J connectivity index is 2.40. The van der Waals surface area contributed by atoms with Gasteiger partial charge in [0.05, 0.1) is 6.61 Å². The maximum atomic E-state index is 5.63. The first kappa shape index (κ1) is 12.8. The summed E-state index contributed by atoms with van der Waals surface area (Å²) in [6.07, 6.45) is 0. The fourth-order valence-corrected chi connectivity index (χ4v) is 1.27. The van der Waals surface area contributed by atoms with E-state index in [1.807, 2.05) is 50.3 Å². The predicted molar refractivity (Wildman–Crippen MR) is 64.8 cm³/mol. The number of hydrogen-bond donors (Lipinski definition) is 1. The number of hydrogen-bond acceptors (Lipinski definition) is 4. The summed E-state index contributed by atoms with van der Waals surface area (Å²) < 4.78 is 11.1. The van der Waals surface area contributed by atoms with Crippen LogP contribution in [0.4, 0.5) is 0 Å². The van der Waals surface area contributed by atoms with Crippen LogP contribution in [-0.4, -0.2) is 38.9 Å². The van der Waals surface area contributed by atoms with Crippen molar-refractivity contribution in [2.75, 3.05) is 33.9 Å². The van der Waals surface area contributed by atoms with E-state index in [0.717, 1.165) is 18.0 Å². The lowest BCUT2D eigenvalue weighted by molar-refractivity contribution is 0.229. The Bertz CT molecular complexity index is 303. The summed E-state index contributed by atoms with van der Waals surface area (Å²) >= 11 is 0. The van der Waals surface area contributed by atoms with Gasteiger partial charge in [-0.1, -0.05) is 12.1 Å². The Hall–Kier alpha value is -1.26. The lowest BCUT2D eigenvalue weighted by Crippen LogP contribution is -2.33. The van der Waals surface area contributed by atoms with E-state index in [1.54, 1.807) is 0 Å².